The van der Waals surface area contributed by atoms with E-state index in [1.54, 1.807) is 0 Å². The Morgan fingerprint density at radius 3 is 2.46 bits per heavy atom. The topological polar surface area (TPSA) is 65.6 Å². The average Bonchev–Trinajstić information content (AvgIpc) is 2.08. The Kier molecular flexibility index (Phi) is 3.87. The largest absolute Gasteiger partial charge is 0.412 e. The van der Waals surface area contributed by atoms with Crippen LogP contribution in [-0.4, -0.2) is 17.5 Å². The lowest BCUT2D eigenvalue weighted by atomic mass is 10.1. The summed E-state index contributed by atoms with van der Waals surface area (Å²) < 4.78 is 25.1. The maximum atomic E-state index is 12.7. The first-order valence-electron chi connectivity index (χ1n) is 3.09. The van der Waals surface area contributed by atoms with Gasteiger partial charge < -0.3 is 5.48 Å². The van der Waals surface area contributed by atoms with Gasteiger partial charge in [-0.25, -0.2) is 8.78 Å². The molecule has 5 heteroatoms. The van der Waals surface area contributed by atoms with E-state index >= 15 is 0 Å². The van der Waals surface area contributed by atoms with Crippen molar-refractivity contribution in [3.05, 3.63) is 35.4 Å². The first kappa shape index (κ1) is 11.4. The summed E-state index contributed by atoms with van der Waals surface area (Å²) in [5.74, 6) is -2.71. The van der Waals surface area contributed by atoms with Crippen molar-refractivity contribution >= 4 is 12.1 Å². The molecule has 3 nitrogen and oxygen atoms in total. The van der Waals surface area contributed by atoms with E-state index in [2.05, 4.69) is 0 Å². The number of carbonyl (C=O) groups is 2. The van der Waals surface area contributed by atoms with Gasteiger partial charge in [-0.1, -0.05) is 0 Å². The van der Waals surface area contributed by atoms with Crippen LogP contribution >= 0.6 is 0 Å². The summed E-state index contributed by atoms with van der Waals surface area (Å²) >= 11 is 0. The van der Waals surface area contributed by atoms with Gasteiger partial charge in [-0.2, -0.15) is 0 Å². The predicted molar refractivity (Wildman–Crippen MR) is 40.4 cm³/mol. The van der Waals surface area contributed by atoms with Crippen LogP contribution in [0, 0.1) is 11.6 Å². The van der Waals surface area contributed by atoms with Crippen molar-refractivity contribution in [3.8, 4) is 0 Å². The van der Waals surface area contributed by atoms with Gasteiger partial charge in [0.05, 0.1) is 5.56 Å². The lowest BCUT2D eigenvalue weighted by molar-refractivity contribution is -0.104. The smallest absolute Gasteiger partial charge is 0.228 e. The highest BCUT2D eigenvalue weighted by atomic mass is 19.1. The number of carbonyl (C=O) groups excluding carboxylic acids is 2. The molecule has 0 bridgehead atoms. The highest BCUT2D eigenvalue weighted by Crippen LogP contribution is 2.09. The molecule has 0 amide bonds. The molecule has 2 N–H and O–H groups in total. The van der Waals surface area contributed by atoms with E-state index in [1.165, 1.54) is 0 Å². The standard InChI is InChI=1S/C8H4F2O2.H2O/c9-5-1-2-7(10)6(3-5)8(12)4-11;/h1-4H;1H2. The lowest BCUT2D eigenvalue weighted by Gasteiger charge is -1.95. The van der Waals surface area contributed by atoms with Crippen LogP contribution in [0.5, 0.6) is 0 Å². The lowest BCUT2D eigenvalue weighted by Crippen LogP contribution is -2.03. The summed E-state index contributed by atoms with van der Waals surface area (Å²) in [5, 5.41) is 0. The van der Waals surface area contributed by atoms with E-state index in [9.17, 15) is 18.4 Å². The Morgan fingerprint density at radius 2 is 1.92 bits per heavy atom. The molecule has 1 aromatic carbocycles. The van der Waals surface area contributed by atoms with E-state index in [1.807, 2.05) is 0 Å². The van der Waals surface area contributed by atoms with Crippen molar-refractivity contribution in [3.63, 3.8) is 0 Å². The molecule has 0 radical (unpaired) electrons. The molecule has 0 aliphatic carbocycles. The number of aldehydes is 1. The molecular weight excluding hydrogens is 182 g/mol. The Bertz CT molecular complexity index is 336. The van der Waals surface area contributed by atoms with Crippen molar-refractivity contribution < 1.29 is 23.8 Å². The molecule has 0 fully saturated rings. The van der Waals surface area contributed by atoms with E-state index in [0.717, 1.165) is 12.1 Å². The fourth-order valence-electron chi connectivity index (χ4n) is 0.750. The number of ketones is 1. The zero-order valence-electron chi connectivity index (χ0n) is 6.38. The van der Waals surface area contributed by atoms with Gasteiger partial charge in [-0.3, -0.25) is 9.59 Å². The van der Waals surface area contributed by atoms with Gasteiger partial charge in [-0.05, 0) is 18.2 Å². The van der Waals surface area contributed by atoms with Gasteiger partial charge in [0.25, 0.3) is 0 Å². The van der Waals surface area contributed by atoms with E-state index in [-0.39, 0.29) is 11.8 Å². The molecule has 70 valence electrons. The number of halogens is 2. The summed E-state index contributed by atoms with van der Waals surface area (Å²) in [6.45, 7) is 0. The first-order chi connectivity index (χ1) is 5.65. The Morgan fingerprint density at radius 1 is 1.31 bits per heavy atom. The van der Waals surface area contributed by atoms with Gasteiger partial charge >= 0.3 is 0 Å². The normalized spacial score (nSPS) is 8.77. The van der Waals surface area contributed by atoms with Crippen molar-refractivity contribution in [1.82, 2.24) is 0 Å². The van der Waals surface area contributed by atoms with Crippen molar-refractivity contribution in [2.45, 2.75) is 0 Å². The summed E-state index contributed by atoms with van der Waals surface area (Å²) in [6.07, 6.45) is -0.0577. The van der Waals surface area contributed by atoms with Crippen molar-refractivity contribution in [1.29, 1.82) is 0 Å². The molecule has 0 saturated heterocycles. The quantitative estimate of drug-likeness (QED) is 0.385. The van der Waals surface area contributed by atoms with Crippen LogP contribution in [0.3, 0.4) is 0 Å². The minimum absolute atomic E-state index is 0. The Hall–Kier alpha value is -1.62. The van der Waals surface area contributed by atoms with Crippen LogP contribution < -0.4 is 0 Å². The summed E-state index contributed by atoms with van der Waals surface area (Å²) in [5.41, 5.74) is -0.537. The zero-order valence-corrected chi connectivity index (χ0v) is 6.38. The van der Waals surface area contributed by atoms with Crippen LogP contribution in [0.15, 0.2) is 18.2 Å². The molecule has 0 aromatic heterocycles. The van der Waals surface area contributed by atoms with Gasteiger partial charge in [0, 0.05) is 0 Å². The molecule has 0 heterocycles. The Labute approximate surface area is 72.3 Å². The maximum Gasteiger partial charge on any atom is 0.228 e. The minimum Gasteiger partial charge on any atom is -0.412 e. The molecule has 1 aromatic rings. The fourth-order valence-corrected chi connectivity index (χ4v) is 0.750. The monoisotopic (exact) mass is 188 g/mol. The summed E-state index contributed by atoms with van der Waals surface area (Å²) in [6, 6.07) is 2.36. The number of Topliss-reactive ketones (excluding diaryl/α,β-unsaturated/α-hetero) is 1. The molecule has 0 spiro atoms. The maximum absolute atomic E-state index is 12.7. The van der Waals surface area contributed by atoms with Crippen LogP contribution in [0.1, 0.15) is 10.4 Å². The first-order valence-corrected chi connectivity index (χ1v) is 3.09. The Balaban J connectivity index is 0.00000144. The van der Waals surface area contributed by atoms with Crippen molar-refractivity contribution in [2.24, 2.45) is 0 Å². The molecule has 0 saturated carbocycles. The van der Waals surface area contributed by atoms with E-state index in [0.29, 0.717) is 6.07 Å². The van der Waals surface area contributed by atoms with Gasteiger partial charge in [0.1, 0.15) is 11.6 Å². The molecule has 13 heavy (non-hydrogen) atoms. The molecular formula is C8H6F2O3. The molecule has 0 aliphatic rings. The summed E-state index contributed by atoms with van der Waals surface area (Å²) in [4.78, 5) is 20.5. The van der Waals surface area contributed by atoms with Gasteiger partial charge in [-0.15, -0.1) is 0 Å². The van der Waals surface area contributed by atoms with Crippen LogP contribution in [0.2, 0.25) is 0 Å². The fraction of sp³-hybridized carbons (Fsp3) is 0. The highest BCUT2D eigenvalue weighted by Gasteiger charge is 2.10. The third kappa shape index (κ3) is 2.41. The van der Waals surface area contributed by atoms with Crippen LogP contribution in [0.25, 0.3) is 0 Å². The van der Waals surface area contributed by atoms with Crippen molar-refractivity contribution in [2.75, 3.05) is 0 Å². The molecule has 0 atom stereocenters. The number of rotatable bonds is 2. The highest BCUT2D eigenvalue weighted by molar-refractivity contribution is 6.33. The third-order valence-electron chi connectivity index (χ3n) is 1.30. The van der Waals surface area contributed by atoms with Gasteiger partial charge in [0.15, 0.2) is 6.29 Å². The average molecular weight is 188 g/mol. The predicted octanol–water partition coefficient (Wildman–Crippen LogP) is 0.522. The van der Waals surface area contributed by atoms with E-state index < -0.39 is 23.0 Å². The molecule has 0 unspecified atom stereocenters. The second-order valence-electron chi connectivity index (χ2n) is 2.11. The molecule has 1 rings (SSSR count). The van der Waals surface area contributed by atoms with Crippen LogP contribution in [-0.2, 0) is 4.79 Å². The third-order valence-corrected chi connectivity index (χ3v) is 1.30. The number of benzene rings is 1. The van der Waals surface area contributed by atoms with Gasteiger partial charge in [0.2, 0.25) is 5.78 Å². The summed E-state index contributed by atoms with van der Waals surface area (Å²) in [7, 11) is 0. The second-order valence-corrected chi connectivity index (χ2v) is 2.11. The zero-order chi connectivity index (χ0) is 9.14. The second kappa shape index (κ2) is 4.42. The SMILES string of the molecule is O.O=CC(=O)c1cc(F)ccc1F. The number of hydrogen-bond donors (Lipinski definition) is 0. The van der Waals surface area contributed by atoms with Crippen LogP contribution in [0.4, 0.5) is 8.78 Å². The molecule has 0 aliphatic heterocycles. The minimum atomic E-state index is -1.06. The number of hydrogen-bond acceptors (Lipinski definition) is 2. The van der Waals surface area contributed by atoms with E-state index in [4.69, 9.17) is 0 Å².